The highest BCUT2D eigenvalue weighted by atomic mass is 19.1. The van der Waals surface area contributed by atoms with Crippen LogP contribution in [0.25, 0.3) is 0 Å². The van der Waals surface area contributed by atoms with Gasteiger partial charge in [-0.3, -0.25) is 4.79 Å². The highest BCUT2D eigenvalue weighted by molar-refractivity contribution is 5.82. The van der Waals surface area contributed by atoms with E-state index in [9.17, 15) is 19.1 Å². The lowest BCUT2D eigenvalue weighted by atomic mass is 10.00. The van der Waals surface area contributed by atoms with Crippen molar-refractivity contribution in [3.63, 3.8) is 0 Å². The van der Waals surface area contributed by atoms with Gasteiger partial charge in [0.2, 0.25) is 5.91 Å². The van der Waals surface area contributed by atoms with Crippen molar-refractivity contribution in [1.29, 1.82) is 0 Å². The highest BCUT2D eigenvalue weighted by Crippen LogP contribution is 2.20. The van der Waals surface area contributed by atoms with Crippen LogP contribution in [0, 0.1) is 5.82 Å². The Morgan fingerprint density at radius 1 is 0.800 bits per heavy atom. The van der Waals surface area contributed by atoms with Gasteiger partial charge in [-0.25, -0.2) is 9.18 Å². The highest BCUT2D eigenvalue weighted by Gasteiger charge is 2.23. The Hall–Kier alpha value is -4.73. The molecule has 236 valence electrons. The number of hydrogen-bond acceptors (Lipinski definition) is 6. The SMILES string of the molecule is CCc1cccc(CNCC(O)C(Cc2cc(F)cc(OCc3ccccc3)c2)NC(=O)CNC(=O)OCc2ccccc2)c1. The lowest BCUT2D eigenvalue weighted by Gasteiger charge is -2.25. The molecule has 0 fully saturated rings. The monoisotopic (exact) mass is 613 g/mol. The Bertz CT molecular complexity index is 1500. The van der Waals surface area contributed by atoms with Crippen molar-refractivity contribution in [3.8, 4) is 5.75 Å². The number of carbonyl (C=O) groups excluding carboxylic acids is 2. The molecule has 0 spiro atoms. The number of hydrogen-bond donors (Lipinski definition) is 4. The Kier molecular flexibility index (Phi) is 12.9. The van der Waals surface area contributed by atoms with Crippen molar-refractivity contribution in [1.82, 2.24) is 16.0 Å². The van der Waals surface area contributed by atoms with Gasteiger partial charge in [-0.1, -0.05) is 91.9 Å². The zero-order chi connectivity index (χ0) is 31.9. The van der Waals surface area contributed by atoms with E-state index in [0.717, 1.165) is 23.1 Å². The first-order chi connectivity index (χ1) is 21.9. The van der Waals surface area contributed by atoms with E-state index in [4.69, 9.17) is 9.47 Å². The van der Waals surface area contributed by atoms with Gasteiger partial charge in [0, 0.05) is 19.2 Å². The van der Waals surface area contributed by atoms with Crippen LogP contribution in [0.4, 0.5) is 9.18 Å². The average molecular weight is 614 g/mol. The van der Waals surface area contributed by atoms with E-state index in [-0.39, 0.29) is 32.7 Å². The molecule has 2 amide bonds. The first-order valence-electron chi connectivity index (χ1n) is 15.0. The predicted molar refractivity (Wildman–Crippen MR) is 171 cm³/mol. The van der Waals surface area contributed by atoms with Gasteiger partial charge in [0.05, 0.1) is 12.1 Å². The number of rotatable bonds is 16. The lowest BCUT2D eigenvalue weighted by molar-refractivity contribution is -0.121. The second kappa shape index (κ2) is 17.5. The number of halogens is 1. The summed E-state index contributed by atoms with van der Waals surface area (Å²) >= 11 is 0. The number of aliphatic hydroxyl groups is 1. The van der Waals surface area contributed by atoms with Crippen LogP contribution < -0.4 is 20.7 Å². The molecular formula is C36H40FN3O5. The molecule has 8 nitrogen and oxygen atoms in total. The fourth-order valence-corrected chi connectivity index (χ4v) is 4.75. The fraction of sp³-hybridized carbons (Fsp3) is 0.278. The fourth-order valence-electron chi connectivity index (χ4n) is 4.75. The number of benzene rings is 4. The molecule has 0 aliphatic rings. The molecule has 0 radical (unpaired) electrons. The van der Waals surface area contributed by atoms with Crippen molar-refractivity contribution in [2.75, 3.05) is 13.1 Å². The lowest BCUT2D eigenvalue weighted by Crippen LogP contribution is -2.51. The van der Waals surface area contributed by atoms with Gasteiger partial charge in [-0.15, -0.1) is 0 Å². The Labute approximate surface area is 263 Å². The van der Waals surface area contributed by atoms with Crippen LogP contribution in [0.1, 0.15) is 34.7 Å². The molecule has 9 heteroatoms. The van der Waals surface area contributed by atoms with E-state index in [1.165, 1.54) is 17.7 Å². The molecule has 0 bridgehead atoms. The topological polar surface area (TPSA) is 109 Å². The molecule has 0 aliphatic heterocycles. The number of nitrogens with one attached hydrogen (secondary N) is 3. The minimum atomic E-state index is -1.02. The normalized spacial score (nSPS) is 12.2. The van der Waals surface area contributed by atoms with Gasteiger partial charge in [0.25, 0.3) is 0 Å². The summed E-state index contributed by atoms with van der Waals surface area (Å²) in [5.41, 5.74) is 4.58. The average Bonchev–Trinajstić information content (AvgIpc) is 3.06. The number of ether oxygens (including phenoxy) is 2. The summed E-state index contributed by atoms with van der Waals surface area (Å²) < 4.78 is 25.6. The summed E-state index contributed by atoms with van der Waals surface area (Å²) in [5, 5.41) is 19.6. The van der Waals surface area contributed by atoms with Crippen molar-refractivity contribution >= 4 is 12.0 Å². The quantitative estimate of drug-likeness (QED) is 0.141. The van der Waals surface area contributed by atoms with E-state index in [1.54, 1.807) is 6.07 Å². The number of amides is 2. The number of aliphatic hydroxyl groups excluding tert-OH is 1. The summed E-state index contributed by atoms with van der Waals surface area (Å²) in [6.45, 7) is 2.76. The third-order valence-electron chi connectivity index (χ3n) is 7.13. The van der Waals surface area contributed by atoms with Crippen LogP contribution >= 0.6 is 0 Å². The smallest absolute Gasteiger partial charge is 0.407 e. The maximum absolute atomic E-state index is 14.6. The summed E-state index contributed by atoms with van der Waals surface area (Å²) in [5.74, 6) is -0.680. The van der Waals surface area contributed by atoms with E-state index >= 15 is 0 Å². The van der Waals surface area contributed by atoms with Crippen molar-refractivity contribution in [2.45, 2.75) is 51.7 Å². The second-order valence-electron chi connectivity index (χ2n) is 10.7. The standard InChI is InChI=1S/C36H40FN3O5/c1-2-26-14-9-15-29(16-26)21-38-22-34(41)33(40-35(42)23-39-36(43)45-25-28-12-7-4-8-13-28)19-30-17-31(37)20-32(18-30)44-24-27-10-5-3-6-11-27/h3-18,20,33-34,38,41H,2,19,21-25H2,1H3,(H,39,43)(H,40,42). The van der Waals surface area contributed by atoms with E-state index in [1.807, 2.05) is 72.8 Å². The van der Waals surface area contributed by atoms with Crippen LogP contribution in [0.5, 0.6) is 5.75 Å². The number of alkyl carbamates (subject to hydrolysis) is 1. The van der Waals surface area contributed by atoms with Crippen molar-refractivity contribution in [3.05, 3.63) is 137 Å². The number of carbonyl (C=O) groups is 2. The van der Waals surface area contributed by atoms with Crippen LogP contribution in [-0.4, -0.2) is 42.3 Å². The van der Waals surface area contributed by atoms with Gasteiger partial charge in [0.1, 0.15) is 31.3 Å². The molecule has 4 N–H and O–H groups in total. The van der Waals surface area contributed by atoms with E-state index in [0.29, 0.717) is 17.9 Å². The molecule has 0 heterocycles. The number of aryl methyl sites for hydroxylation is 1. The van der Waals surface area contributed by atoms with Gasteiger partial charge in [0.15, 0.2) is 0 Å². The van der Waals surface area contributed by atoms with Crippen LogP contribution in [0.3, 0.4) is 0 Å². The molecular weight excluding hydrogens is 573 g/mol. The van der Waals surface area contributed by atoms with E-state index in [2.05, 4.69) is 35.0 Å². The van der Waals surface area contributed by atoms with Gasteiger partial charge in [-0.05, 0) is 52.8 Å². The molecule has 2 atom stereocenters. The Morgan fingerprint density at radius 3 is 2.18 bits per heavy atom. The molecule has 0 aromatic heterocycles. The van der Waals surface area contributed by atoms with Gasteiger partial charge < -0.3 is 30.5 Å². The predicted octanol–water partition coefficient (Wildman–Crippen LogP) is 5.07. The first-order valence-corrected chi connectivity index (χ1v) is 15.0. The molecule has 2 unspecified atom stereocenters. The molecule has 0 saturated heterocycles. The summed E-state index contributed by atoms with van der Waals surface area (Å²) in [4.78, 5) is 25.0. The summed E-state index contributed by atoms with van der Waals surface area (Å²) in [6, 6.07) is 30.4. The van der Waals surface area contributed by atoms with Crippen molar-refractivity contribution < 1.29 is 28.6 Å². The molecule has 4 aromatic carbocycles. The summed E-state index contributed by atoms with van der Waals surface area (Å²) in [6.07, 6.45) is -0.723. The van der Waals surface area contributed by atoms with Crippen LogP contribution in [0.15, 0.2) is 103 Å². The summed E-state index contributed by atoms with van der Waals surface area (Å²) in [7, 11) is 0. The third kappa shape index (κ3) is 11.7. The maximum atomic E-state index is 14.6. The minimum Gasteiger partial charge on any atom is -0.489 e. The largest absolute Gasteiger partial charge is 0.489 e. The van der Waals surface area contributed by atoms with Gasteiger partial charge in [-0.2, -0.15) is 0 Å². The minimum absolute atomic E-state index is 0.0662. The van der Waals surface area contributed by atoms with Gasteiger partial charge >= 0.3 is 6.09 Å². The Morgan fingerprint density at radius 2 is 1.47 bits per heavy atom. The maximum Gasteiger partial charge on any atom is 0.407 e. The Balaban J connectivity index is 1.37. The molecule has 0 saturated carbocycles. The molecule has 0 aliphatic carbocycles. The van der Waals surface area contributed by atoms with E-state index < -0.39 is 30.0 Å². The zero-order valence-corrected chi connectivity index (χ0v) is 25.4. The first kappa shape index (κ1) is 33.2. The van der Waals surface area contributed by atoms with Crippen molar-refractivity contribution in [2.24, 2.45) is 0 Å². The third-order valence-corrected chi connectivity index (χ3v) is 7.13. The second-order valence-corrected chi connectivity index (χ2v) is 10.7. The molecule has 4 aromatic rings. The molecule has 45 heavy (non-hydrogen) atoms. The zero-order valence-electron chi connectivity index (χ0n) is 25.4. The molecule has 4 rings (SSSR count). The van der Waals surface area contributed by atoms with Crippen LogP contribution in [-0.2, 0) is 42.1 Å². The van der Waals surface area contributed by atoms with Crippen LogP contribution in [0.2, 0.25) is 0 Å².